The number of carbonyl (C=O) groups excluding carboxylic acids is 1. The minimum atomic E-state index is -0.541. The van der Waals surface area contributed by atoms with Crippen LogP contribution >= 0.6 is 0 Å². The van der Waals surface area contributed by atoms with Crippen LogP contribution in [0.2, 0.25) is 0 Å². The van der Waals surface area contributed by atoms with Crippen LogP contribution in [-0.2, 0) is 16.6 Å². The smallest absolute Gasteiger partial charge is 0.407 e. The average Bonchev–Trinajstić information content (AvgIpc) is 2.36. The summed E-state index contributed by atoms with van der Waals surface area (Å²) < 4.78 is 5.26. The molecule has 0 aliphatic rings. The highest BCUT2D eigenvalue weighted by molar-refractivity contribution is 5.68. The van der Waals surface area contributed by atoms with E-state index in [1.54, 1.807) is 6.07 Å². The Morgan fingerprint density at radius 3 is 2.35 bits per heavy atom. The molecular weight excluding hydrogens is 292 g/mol. The molecule has 1 atom stereocenters. The summed E-state index contributed by atoms with van der Waals surface area (Å²) in [7, 11) is 0. The number of ether oxygens (including phenoxy) is 1. The van der Waals surface area contributed by atoms with Crippen LogP contribution in [0.5, 0.6) is 5.75 Å². The van der Waals surface area contributed by atoms with Crippen molar-refractivity contribution in [2.45, 2.75) is 65.0 Å². The number of hydrogen-bond donors (Lipinski definition) is 3. The minimum absolute atomic E-state index is 0.156. The van der Waals surface area contributed by atoms with E-state index in [1.807, 2.05) is 53.7 Å². The molecule has 0 fully saturated rings. The molecule has 130 valence electrons. The standard InChI is InChI=1S/C18H30N2O3/c1-17(2,3)14-10-12(7-8-15(14)21)9-13(11-19)20-16(22)23-18(4,5)6/h7-8,10,13,21H,9,11,19H2,1-6H3,(H,20,22). The molecule has 4 N–H and O–H groups in total. The Labute approximate surface area is 139 Å². The van der Waals surface area contributed by atoms with E-state index >= 15 is 0 Å². The topological polar surface area (TPSA) is 84.6 Å². The number of alkyl carbamates (subject to hydrolysis) is 1. The van der Waals surface area contributed by atoms with Crippen molar-refractivity contribution in [2.24, 2.45) is 5.73 Å². The van der Waals surface area contributed by atoms with Gasteiger partial charge in [0.25, 0.3) is 0 Å². The van der Waals surface area contributed by atoms with Gasteiger partial charge in [0, 0.05) is 12.6 Å². The maximum Gasteiger partial charge on any atom is 0.407 e. The van der Waals surface area contributed by atoms with Gasteiger partial charge in [0.1, 0.15) is 11.4 Å². The van der Waals surface area contributed by atoms with Crippen molar-refractivity contribution in [3.05, 3.63) is 29.3 Å². The quantitative estimate of drug-likeness (QED) is 0.795. The fourth-order valence-electron chi connectivity index (χ4n) is 2.26. The van der Waals surface area contributed by atoms with Gasteiger partial charge in [-0.15, -0.1) is 0 Å². The number of benzene rings is 1. The summed E-state index contributed by atoms with van der Waals surface area (Å²) in [4.78, 5) is 11.9. The number of carbonyl (C=O) groups is 1. The zero-order valence-electron chi connectivity index (χ0n) is 15.1. The molecule has 1 unspecified atom stereocenters. The van der Waals surface area contributed by atoms with Crippen LogP contribution < -0.4 is 11.1 Å². The first-order valence-corrected chi connectivity index (χ1v) is 7.94. The first-order chi connectivity index (χ1) is 10.4. The Morgan fingerprint density at radius 2 is 1.87 bits per heavy atom. The van der Waals surface area contributed by atoms with Crippen molar-refractivity contribution < 1.29 is 14.6 Å². The van der Waals surface area contributed by atoms with Crippen LogP contribution in [0, 0.1) is 0 Å². The van der Waals surface area contributed by atoms with Crippen LogP contribution in [0.1, 0.15) is 52.7 Å². The van der Waals surface area contributed by atoms with Gasteiger partial charge in [-0.3, -0.25) is 0 Å². The average molecular weight is 322 g/mol. The molecule has 0 saturated heterocycles. The van der Waals surface area contributed by atoms with Gasteiger partial charge < -0.3 is 20.9 Å². The number of nitrogens with two attached hydrogens (primary N) is 1. The van der Waals surface area contributed by atoms with Gasteiger partial charge in [-0.2, -0.15) is 0 Å². The lowest BCUT2D eigenvalue weighted by molar-refractivity contribution is 0.0506. The van der Waals surface area contributed by atoms with Crippen molar-refractivity contribution in [3.63, 3.8) is 0 Å². The zero-order valence-corrected chi connectivity index (χ0v) is 15.1. The number of rotatable bonds is 4. The molecule has 5 heteroatoms. The van der Waals surface area contributed by atoms with E-state index < -0.39 is 11.7 Å². The molecule has 5 nitrogen and oxygen atoms in total. The summed E-state index contributed by atoms with van der Waals surface area (Å²) in [5.41, 5.74) is 6.96. The summed E-state index contributed by atoms with van der Waals surface area (Å²) in [5, 5.41) is 12.8. The second-order valence-corrected chi connectivity index (χ2v) is 7.88. The van der Waals surface area contributed by atoms with Crippen LogP contribution in [0.15, 0.2) is 18.2 Å². The Hall–Kier alpha value is -1.75. The van der Waals surface area contributed by atoms with E-state index in [0.717, 1.165) is 11.1 Å². The van der Waals surface area contributed by atoms with E-state index in [4.69, 9.17) is 10.5 Å². The van der Waals surface area contributed by atoms with Crippen LogP contribution in [0.4, 0.5) is 4.79 Å². The third-order valence-electron chi connectivity index (χ3n) is 3.36. The van der Waals surface area contributed by atoms with Gasteiger partial charge in [-0.05, 0) is 49.8 Å². The molecule has 1 rings (SSSR count). The Bertz CT molecular complexity index is 542. The fraction of sp³-hybridized carbons (Fsp3) is 0.611. The molecule has 0 aliphatic carbocycles. The first kappa shape index (κ1) is 19.3. The van der Waals surface area contributed by atoms with Crippen molar-refractivity contribution in [2.75, 3.05) is 6.54 Å². The van der Waals surface area contributed by atoms with Crippen LogP contribution in [0.3, 0.4) is 0 Å². The van der Waals surface area contributed by atoms with Crippen molar-refractivity contribution in [3.8, 4) is 5.75 Å². The normalized spacial score (nSPS) is 13.5. The molecule has 1 amide bonds. The van der Waals surface area contributed by atoms with Crippen LogP contribution in [0.25, 0.3) is 0 Å². The van der Waals surface area contributed by atoms with E-state index in [0.29, 0.717) is 13.0 Å². The lowest BCUT2D eigenvalue weighted by Crippen LogP contribution is -2.44. The van der Waals surface area contributed by atoms with Crippen LogP contribution in [-0.4, -0.2) is 29.4 Å². The molecule has 1 aromatic carbocycles. The summed E-state index contributed by atoms with van der Waals surface area (Å²) in [6.45, 7) is 11.9. The Morgan fingerprint density at radius 1 is 1.26 bits per heavy atom. The van der Waals surface area contributed by atoms with Crippen molar-refractivity contribution >= 4 is 6.09 Å². The number of amides is 1. The predicted molar refractivity (Wildman–Crippen MR) is 92.7 cm³/mol. The summed E-state index contributed by atoms with van der Waals surface area (Å²) >= 11 is 0. The van der Waals surface area contributed by atoms with E-state index in [9.17, 15) is 9.90 Å². The fourth-order valence-corrected chi connectivity index (χ4v) is 2.26. The lowest BCUT2D eigenvalue weighted by Gasteiger charge is -2.24. The number of nitrogens with one attached hydrogen (secondary N) is 1. The molecule has 1 aromatic rings. The summed E-state index contributed by atoms with van der Waals surface area (Å²) in [5.74, 6) is 0.283. The number of phenols is 1. The highest BCUT2D eigenvalue weighted by Gasteiger charge is 2.21. The molecule has 0 heterocycles. The third kappa shape index (κ3) is 6.48. The molecule has 0 bridgehead atoms. The lowest BCUT2D eigenvalue weighted by atomic mass is 9.85. The maximum absolute atomic E-state index is 11.9. The highest BCUT2D eigenvalue weighted by atomic mass is 16.6. The maximum atomic E-state index is 11.9. The Kier molecular flexibility index (Phi) is 6.05. The van der Waals surface area contributed by atoms with Crippen molar-refractivity contribution in [1.82, 2.24) is 5.32 Å². The Balaban J connectivity index is 2.82. The van der Waals surface area contributed by atoms with Gasteiger partial charge in [-0.25, -0.2) is 4.79 Å². The second kappa shape index (κ2) is 7.21. The van der Waals surface area contributed by atoms with Gasteiger partial charge in [0.2, 0.25) is 0 Å². The summed E-state index contributed by atoms with van der Waals surface area (Å²) in [6, 6.07) is 5.29. The third-order valence-corrected chi connectivity index (χ3v) is 3.36. The molecule has 0 radical (unpaired) electrons. The van der Waals surface area contributed by atoms with E-state index in [1.165, 1.54) is 0 Å². The van der Waals surface area contributed by atoms with Gasteiger partial charge >= 0.3 is 6.09 Å². The number of hydrogen-bond acceptors (Lipinski definition) is 4. The monoisotopic (exact) mass is 322 g/mol. The zero-order chi connectivity index (χ0) is 17.8. The SMILES string of the molecule is CC(C)(C)OC(=O)NC(CN)Cc1ccc(O)c(C(C)(C)C)c1. The molecule has 0 aromatic heterocycles. The first-order valence-electron chi connectivity index (χ1n) is 7.94. The van der Waals surface area contributed by atoms with Gasteiger partial charge in [0.15, 0.2) is 0 Å². The number of phenolic OH excluding ortho intramolecular Hbond substituents is 1. The minimum Gasteiger partial charge on any atom is -0.508 e. The van der Waals surface area contributed by atoms with E-state index in [-0.39, 0.29) is 17.2 Å². The predicted octanol–water partition coefficient (Wildman–Crippen LogP) is 3.08. The van der Waals surface area contributed by atoms with Gasteiger partial charge in [0.05, 0.1) is 0 Å². The highest BCUT2D eigenvalue weighted by Crippen LogP contribution is 2.31. The molecule has 0 spiro atoms. The molecule has 0 aliphatic heterocycles. The molecular formula is C18H30N2O3. The largest absolute Gasteiger partial charge is 0.508 e. The van der Waals surface area contributed by atoms with Crippen molar-refractivity contribution in [1.29, 1.82) is 0 Å². The van der Waals surface area contributed by atoms with E-state index in [2.05, 4.69) is 5.32 Å². The molecule has 0 saturated carbocycles. The summed E-state index contributed by atoms with van der Waals surface area (Å²) in [6.07, 6.45) is 0.113. The second-order valence-electron chi connectivity index (χ2n) is 7.88. The molecule has 23 heavy (non-hydrogen) atoms. The van der Waals surface area contributed by atoms with Gasteiger partial charge in [-0.1, -0.05) is 32.9 Å². The number of aromatic hydroxyl groups is 1.